The van der Waals surface area contributed by atoms with Crippen LogP contribution in [0.15, 0.2) is 107 Å². The molecule has 0 radical (unpaired) electrons. The van der Waals surface area contributed by atoms with E-state index in [1.54, 1.807) is 10.5 Å². The van der Waals surface area contributed by atoms with E-state index in [9.17, 15) is 4.79 Å². The number of rotatable bonds is 5. The van der Waals surface area contributed by atoms with E-state index in [0.717, 1.165) is 22.4 Å². The minimum atomic E-state index is 0.164. The van der Waals surface area contributed by atoms with E-state index in [2.05, 4.69) is 29.7 Å². The van der Waals surface area contributed by atoms with Gasteiger partial charge in [0, 0.05) is 22.8 Å². The Balaban J connectivity index is 0.000000145. The smallest absolute Gasteiger partial charge is 0.167 e. The summed E-state index contributed by atoms with van der Waals surface area (Å²) >= 11 is 1.95. The van der Waals surface area contributed by atoms with Crippen molar-refractivity contribution in [1.82, 2.24) is 0 Å². The molecule has 172 valence electrons. The molecule has 1 nitrogen and oxygen atoms in total. The summed E-state index contributed by atoms with van der Waals surface area (Å²) in [5.41, 5.74) is 3.52. The van der Waals surface area contributed by atoms with Crippen LogP contribution in [0.2, 0.25) is 0 Å². The fourth-order valence-electron chi connectivity index (χ4n) is 5.24. The quantitative estimate of drug-likeness (QED) is 0.351. The van der Waals surface area contributed by atoms with Crippen molar-refractivity contribution in [3.63, 3.8) is 0 Å². The molecule has 3 aliphatic rings. The van der Waals surface area contributed by atoms with Gasteiger partial charge < -0.3 is 0 Å². The monoisotopic (exact) mass is 464 g/mol. The molecular formula is C32H32OS. The molecule has 0 spiro atoms. The van der Waals surface area contributed by atoms with Crippen molar-refractivity contribution in [1.29, 1.82) is 0 Å². The Labute approximate surface area is 207 Å². The summed E-state index contributed by atoms with van der Waals surface area (Å²) in [7, 11) is 0. The maximum atomic E-state index is 12.3. The van der Waals surface area contributed by atoms with Gasteiger partial charge in [-0.3, -0.25) is 4.79 Å². The van der Waals surface area contributed by atoms with Crippen LogP contribution < -0.4 is 0 Å². The molecule has 34 heavy (non-hydrogen) atoms. The number of benzene rings is 3. The molecule has 1 aliphatic heterocycles. The van der Waals surface area contributed by atoms with E-state index >= 15 is 0 Å². The second kappa shape index (κ2) is 11.1. The molecular weight excluding hydrogens is 432 g/mol. The highest BCUT2D eigenvalue weighted by Crippen LogP contribution is 2.46. The van der Waals surface area contributed by atoms with Crippen LogP contribution in [0, 0.1) is 11.8 Å². The second-order valence-corrected chi connectivity index (χ2v) is 10.5. The fraction of sp³-hybridized carbons (Fsp3) is 0.281. The third-order valence-electron chi connectivity index (χ3n) is 7.14. The van der Waals surface area contributed by atoms with Gasteiger partial charge in [-0.15, -0.1) is 11.8 Å². The average Bonchev–Trinajstić information content (AvgIpc) is 3.51. The number of fused-ring (bicyclic) bond motifs is 2. The Morgan fingerprint density at radius 2 is 1.62 bits per heavy atom. The minimum Gasteiger partial charge on any atom is -0.294 e. The van der Waals surface area contributed by atoms with Gasteiger partial charge in [0.2, 0.25) is 0 Å². The SMILES string of the molecule is C1=CC2C(CC3CCCCC3)=CSC2=C1.O=C(Cc1ccccc1)c1ccc2ccccc2c1. The molecule has 1 unspecified atom stereocenters. The van der Waals surface area contributed by atoms with Crippen LogP contribution >= 0.6 is 11.8 Å². The average molecular weight is 465 g/mol. The van der Waals surface area contributed by atoms with Crippen molar-refractivity contribution >= 4 is 28.3 Å². The highest BCUT2D eigenvalue weighted by atomic mass is 32.2. The van der Waals surface area contributed by atoms with Crippen molar-refractivity contribution < 1.29 is 4.79 Å². The summed E-state index contributed by atoms with van der Waals surface area (Å²) in [5, 5.41) is 4.69. The third-order valence-corrected chi connectivity index (χ3v) is 8.23. The maximum absolute atomic E-state index is 12.3. The molecule has 0 aromatic heterocycles. The number of hydrogen-bond acceptors (Lipinski definition) is 2. The van der Waals surface area contributed by atoms with E-state index in [1.165, 1.54) is 43.9 Å². The maximum Gasteiger partial charge on any atom is 0.167 e. The number of thioether (sulfide) groups is 1. The van der Waals surface area contributed by atoms with E-state index in [1.807, 2.05) is 78.5 Å². The highest BCUT2D eigenvalue weighted by Gasteiger charge is 2.27. The molecule has 2 aliphatic carbocycles. The molecule has 2 heteroatoms. The Kier molecular flexibility index (Phi) is 7.46. The zero-order valence-electron chi connectivity index (χ0n) is 19.7. The van der Waals surface area contributed by atoms with Crippen LogP contribution in [0.4, 0.5) is 0 Å². The van der Waals surface area contributed by atoms with Crippen molar-refractivity contribution in [2.45, 2.75) is 44.9 Å². The lowest BCUT2D eigenvalue weighted by Gasteiger charge is -2.23. The standard InChI is InChI=1S/C18H14O.C14H18S/c19-18(12-14-6-2-1-3-7-14)17-11-10-15-8-4-5-9-16(15)13-17;1-2-5-11(6-3-1)9-12-10-15-14-8-4-7-13(12)14/h1-11,13H,12H2;4,7-8,10-11,13H,1-3,5-6,9H2. The summed E-state index contributed by atoms with van der Waals surface area (Å²) in [6.07, 6.45) is 16.0. The van der Waals surface area contributed by atoms with Crippen molar-refractivity contribution in [3.05, 3.63) is 118 Å². The molecule has 0 N–H and O–H groups in total. The molecule has 3 aromatic carbocycles. The van der Waals surface area contributed by atoms with Gasteiger partial charge in [-0.1, -0.05) is 123 Å². The molecule has 0 bridgehead atoms. The number of Topliss-reactive ketones (excluding diaryl/α,β-unsaturated/α-hetero) is 1. The first-order valence-corrected chi connectivity index (χ1v) is 13.4. The summed E-state index contributed by atoms with van der Waals surface area (Å²) in [6, 6.07) is 23.8. The first-order valence-electron chi connectivity index (χ1n) is 12.6. The summed E-state index contributed by atoms with van der Waals surface area (Å²) in [5.74, 6) is 1.83. The zero-order valence-corrected chi connectivity index (χ0v) is 20.5. The van der Waals surface area contributed by atoms with Gasteiger partial charge in [-0.2, -0.15) is 0 Å². The van der Waals surface area contributed by atoms with Crippen LogP contribution in [0.25, 0.3) is 10.8 Å². The molecule has 1 atom stereocenters. The topological polar surface area (TPSA) is 17.1 Å². The van der Waals surface area contributed by atoms with Crippen LogP contribution in [0.5, 0.6) is 0 Å². The zero-order chi connectivity index (χ0) is 23.2. The second-order valence-electron chi connectivity index (χ2n) is 9.60. The molecule has 1 heterocycles. The fourth-order valence-corrected chi connectivity index (χ4v) is 6.31. The van der Waals surface area contributed by atoms with Gasteiger partial charge in [0.1, 0.15) is 0 Å². The Morgan fingerprint density at radius 3 is 2.44 bits per heavy atom. The summed E-state index contributed by atoms with van der Waals surface area (Å²) in [4.78, 5) is 13.8. The minimum absolute atomic E-state index is 0.164. The first-order chi connectivity index (χ1) is 16.8. The van der Waals surface area contributed by atoms with Crippen LogP contribution in [0.3, 0.4) is 0 Å². The Hall–Kier alpha value is -2.84. The molecule has 6 rings (SSSR count). The van der Waals surface area contributed by atoms with Gasteiger partial charge in [-0.25, -0.2) is 0 Å². The first kappa shape index (κ1) is 22.9. The van der Waals surface area contributed by atoms with E-state index in [0.29, 0.717) is 12.3 Å². The molecule has 0 amide bonds. The van der Waals surface area contributed by atoms with Crippen molar-refractivity contribution in [2.75, 3.05) is 0 Å². The van der Waals surface area contributed by atoms with Gasteiger partial charge in [0.05, 0.1) is 0 Å². The molecule has 0 saturated heterocycles. The largest absolute Gasteiger partial charge is 0.294 e. The van der Waals surface area contributed by atoms with E-state index in [4.69, 9.17) is 0 Å². The number of allylic oxidation sites excluding steroid dienone is 5. The predicted octanol–water partition coefficient (Wildman–Crippen LogP) is 8.92. The van der Waals surface area contributed by atoms with Crippen LogP contribution in [-0.4, -0.2) is 5.78 Å². The summed E-state index contributed by atoms with van der Waals surface area (Å²) < 4.78 is 0. The Bertz CT molecular complexity index is 1230. The van der Waals surface area contributed by atoms with E-state index < -0.39 is 0 Å². The van der Waals surface area contributed by atoms with Crippen LogP contribution in [0.1, 0.15) is 54.4 Å². The normalized spacial score (nSPS) is 19.2. The molecule has 3 aromatic rings. The highest BCUT2D eigenvalue weighted by molar-refractivity contribution is 8.06. The number of carbonyl (C=O) groups excluding carboxylic acids is 1. The molecule has 1 saturated carbocycles. The predicted molar refractivity (Wildman–Crippen MR) is 146 cm³/mol. The lowest BCUT2D eigenvalue weighted by molar-refractivity contribution is 0.0993. The van der Waals surface area contributed by atoms with Gasteiger partial charge in [0.25, 0.3) is 0 Å². The number of hydrogen-bond donors (Lipinski definition) is 0. The lowest BCUT2D eigenvalue weighted by Crippen LogP contribution is -2.09. The van der Waals surface area contributed by atoms with E-state index in [-0.39, 0.29) is 5.78 Å². The van der Waals surface area contributed by atoms with Crippen molar-refractivity contribution in [3.8, 4) is 0 Å². The number of carbonyl (C=O) groups is 1. The van der Waals surface area contributed by atoms with Gasteiger partial charge in [-0.05, 0) is 40.1 Å². The van der Waals surface area contributed by atoms with Gasteiger partial charge in [0.15, 0.2) is 5.78 Å². The lowest BCUT2D eigenvalue weighted by atomic mass is 9.82. The van der Waals surface area contributed by atoms with Crippen LogP contribution in [-0.2, 0) is 6.42 Å². The Morgan fingerprint density at radius 1 is 0.853 bits per heavy atom. The summed E-state index contributed by atoms with van der Waals surface area (Å²) in [6.45, 7) is 0. The number of ketones is 1. The van der Waals surface area contributed by atoms with Gasteiger partial charge >= 0.3 is 0 Å². The third kappa shape index (κ3) is 5.62. The molecule has 1 fully saturated rings. The van der Waals surface area contributed by atoms with Crippen molar-refractivity contribution in [2.24, 2.45) is 11.8 Å².